The minimum atomic E-state index is -0.860. The van der Waals surface area contributed by atoms with E-state index in [9.17, 15) is 14.7 Å². The Bertz CT molecular complexity index is 1360. The molecule has 1 aliphatic heterocycles. The second-order valence-corrected chi connectivity index (χ2v) is 7.28. The number of nitrogens with zero attached hydrogens (tertiary/aromatic N) is 2. The van der Waals surface area contributed by atoms with Gasteiger partial charge in [-0.2, -0.15) is 0 Å². The largest absolute Gasteiger partial charge is 0.503 e. The number of Topliss-reactive ketones (excluding diaryl/α,β-unsaturated/α-hetero) is 1. The molecule has 0 radical (unpaired) electrons. The number of furan rings is 1. The van der Waals surface area contributed by atoms with Crippen molar-refractivity contribution in [3.63, 3.8) is 0 Å². The Balaban J connectivity index is 1.66. The van der Waals surface area contributed by atoms with Crippen molar-refractivity contribution in [3.05, 3.63) is 102 Å². The maximum atomic E-state index is 13.6. The van der Waals surface area contributed by atoms with Crippen molar-refractivity contribution in [2.45, 2.75) is 6.04 Å². The SMILES string of the molecule is COc1cccc2cc(C(=O)C3=C(O)C(=O)N(c4ccccc4)C3c3cccnc3)oc12. The Morgan fingerprint density at radius 3 is 2.62 bits per heavy atom. The van der Waals surface area contributed by atoms with Crippen LogP contribution in [0, 0.1) is 0 Å². The molecular formula is C25H18N2O5. The Kier molecular flexibility index (Phi) is 4.71. The normalized spacial score (nSPS) is 16.1. The van der Waals surface area contributed by atoms with Crippen molar-refractivity contribution < 1.29 is 23.8 Å². The number of amides is 1. The van der Waals surface area contributed by atoms with Crippen LogP contribution >= 0.6 is 0 Å². The van der Waals surface area contributed by atoms with Gasteiger partial charge in [0, 0.05) is 23.5 Å². The summed E-state index contributed by atoms with van der Waals surface area (Å²) in [6.07, 6.45) is 3.17. The fourth-order valence-corrected chi connectivity index (χ4v) is 3.99. The molecule has 7 heteroatoms. The molecule has 1 aliphatic rings. The van der Waals surface area contributed by atoms with Crippen LogP contribution in [0.5, 0.6) is 5.75 Å². The molecule has 2 aromatic carbocycles. The second kappa shape index (κ2) is 7.70. The summed E-state index contributed by atoms with van der Waals surface area (Å²) in [4.78, 5) is 32.2. The summed E-state index contributed by atoms with van der Waals surface area (Å²) < 4.78 is 11.1. The Labute approximate surface area is 183 Å². The second-order valence-electron chi connectivity index (χ2n) is 7.28. The molecule has 158 valence electrons. The fourth-order valence-electron chi connectivity index (χ4n) is 3.99. The summed E-state index contributed by atoms with van der Waals surface area (Å²) in [5.74, 6) is -1.37. The molecule has 4 aromatic rings. The van der Waals surface area contributed by atoms with Crippen LogP contribution in [0.1, 0.15) is 22.2 Å². The van der Waals surface area contributed by atoms with Gasteiger partial charge >= 0.3 is 0 Å². The highest BCUT2D eigenvalue weighted by Crippen LogP contribution is 2.42. The quantitative estimate of drug-likeness (QED) is 0.468. The van der Waals surface area contributed by atoms with Crippen molar-refractivity contribution >= 4 is 28.3 Å². The van der Waals surface area contributed by atoms with E-state index in [1.54, 1.807) is 73.1 Å². The Morgan fingerprint density at radius 2 is 1.91 bits per heavy atom. The first-order chi connectivity index (χ1) is 15.6. The zero-order valence-corrected chi connectivity index (χ0v) is 17.1. The molecule has 3 heterocycles. The molecule has 5 rings (SSSR count). The van der Waals surface area contributed by atoms with E-state index < -0.39 is 23.5 Å². The highest BCUT2D eigenvalue weighted by molar-refractivity contribution is 6.20. The number of methoxy groups -OCH3 is 1. The minimum absolute atomic E-state index is 0.00246. The third-order valence-electron chi connectivity index (χ3n) is 5.44. The van der Waals surface area contributed by atoms with E-state index in [2.05, 4.69) is 4.98 Å². The number of hydrogen-bond acceptors (Lipinski definition) is 6. The topological polar surface area (TPSA) is 92.9 Å². The Morgan fingerprint density at radius 1 is 1.09 bits per heavy atom. The van der Waals surface area contributed by atoms with Crippen LogP contribution in [-0.2, 0) is 4.79 Å². The van der Waals surface area contributed by atoms with E-state index in [1.165, 1.54) is 12.0 Å². The number of aromatic nitrogens is 1. The number of pyridine rings is 1. The molecule has 2 aromatic heterocycles. The van der Waals surface area contributed by atoms with Crippen LogP contribution < -0.4 is 9.64 Å². The van der Waals surface area contributed by atoms with E-state index >= 15 is 0 Å². The molecule has 0 bridgehead atoms. The zero-order chi connectivity index (χ0) is 22.2. The average Bonchev–Trinajstić information content (AvgIpc) is 3.39. The summed E-state index contributed by atoms with van der Waals surface area (Å²) in [5, 5.41) is 11.5. The lowest BCUT2D eigenvalue weighted by molar-refractivity contribution is -0.117. The van der Waals surface area contributed by atoms with Crippen molar-refractivity contribution in [3.8, 4) is 5.75 Å². The molecule has 7 nitrogen and oxygen atoms in total. The number of para-hydroxylation sites is 2. The van der Waals surface area contributed by atoms with Crippen molar-refractivity contribution in [1.29, 1.82) is 0 Å². The number of anilines is 1. The third kappa shape index (κ3) is 3.02. The van der Waals surface area contributed by atoms with Gasteiger partial charge in [0.05, 0.1) is 18.7 Å². The van der Waals surface area contributed by atoms with E-state index in [4.69, 9.17) is 9.15 Å². The first-order valence-corrected chi connectivity index (χ1v) is 9.93. The van der Waals surface area contributed by atoms with Gasteiger partial charge in [0.15, 0.2) is 22.9 Å². The highest BCUT2D eigenvalue weighted by Gasteiger charge is 2.45. The molecule has 1 unspecified atom stereocenters. The molecule has 0 spiro atoms. The van der Waals surface area contributed by atoms with Crippen molar-refractivity contribution in [2.75, 3.05) is 12.0 Å². The summed E-state index contributed by atoms with van der Waals surface area (Å²) in [6.45, 7) is 0. The molecule has 1 N–H and O–H groups in total. The highest BCUT2D eigenvalue weighted by atomic mass is 16.5. The average molecular weight is 426 g/mol. The smallest absolute Gasteiger partial charge is 0.294 e. The van der Waals surface area contributed by atoms with Gasteiger partial charge in [0.2, 0.25) is 5.78 Å². The van der Waals surface area contributed by atoms with Crippen LogP contribution in [-0.4, -0.2) is 28.9 Å². The number of carbonyl (C=O) groups excluding carboxylic acids is 2. The number of benzene rings is 2. The van der Waals surface area contributed by atoms with Gasteiger partial charge < -0.3 is 14.3 Å². The van der Waals surface area contributed by atoms with Crippen LogP contribution in [0.25, 0.3) is 11.0 Å². The predicted molar refractivity (Wildman–Crippen MR) is 118 cm³/mol. The molecular weight excluding hydrogens is 408 g/mol. The summed E-state index contributed by atoms with van der Waals surface area (Å²) >= 11 is 0. The molecule has 1 amide bonds. The summed E-state index contributed by atoms with van der Waals surface area (Å²) in [5.41, 5.74) is 1.49. The van der Waals surface area contributed by atoms with Crippen molar-refractivity contribution in [2.24, 2.45) is 0 Å². The van der Waals surface area contributed by atoms with Gasteiger partial charge in [-0.05, 0) is 35.9 Å². The van der Waals surface area contributed by atoms with E-state index in [-0.39, 0.29) is 11.3 Å². The van der Waals surface area contributed by atoms with Gasteiger partial charge in [-0.25, -0.2) is 0 Å². The molecule has 32 heavy (non-hydrogen) atoms. The maximum Gasteiger partial charge on any atom is 0.294 e. The lowest BCUT2D eigenvalue weighted by atomic mass is 9.96. The number of rotatable bonds is 5. The minimum Gasteiger partial charge on any atom is -0.503 e. The third-order valence-corrected chi connectivity index (χ3v) is 5.44. The van der Waals surface area contributed by atoms with Crippen LogP contribution in [0.15, 0.2) is 94.9 Å². The number of aliphatic hydroxyl groups is 1. The van der Waals surface area contributed by atoms with Crippen LogP contribution in [0.3, 0.4) is 0 Å². The summed E-state index contributed by atoms with van der Waals surface area (Å²) in [6, 6.07) is 18.4. The molecule has 0 aliphatic carbocycles. The number of ether oxygens (including phenoxy) is 1. The monoisotopic (exact) mass is 426 g/mol. The van der Waals surface area contributed by atoms with Crippen LogP contribution in [0.2, 0.25) is 0 Å². The number of aliphatic hydroxyl groups excluding tert-OH is 1. The van der Waals surface area contributed by atoms with Gasteiger partial charge in [-0.15, -0.1) is 0 Å². The Hall–Kier alpha value is -4.39. The number of carbonyl (C=O) groups is 2. The number of fused-ring (bicyclic) bond motifs is 1. The lowest BCUT2D eigenvalue weighted by Gasteiger charge is -2.26. The van der Waals surface area contributed by atoms with Gasteiger partial charge in [-0.3, -0.25) is 19.5 Å². The van der Waals surface area contributed by atoms with Gasteiger partial charge in [0.1, 0.15) is 0 Å². The number of hydrogen-bond donors (Lipinski definition) is 1. The van der Waals surface area contributed by atoms with Gasteiger partial charge in [0.25, 0.3) is 5.91 Å². The van der Waals surface area contributed by atoms with Crippen molar-refractivity contribution in [1.82, 2.24) is 4.98 Å². The fraction of sp³-hybridized carbons (Fsp3) is 0.0800. The summed E-state index contributed by atoms with van der Waals surface area (Å²) in [7, 11) is 1.51. The first-order valence-electron chi connectivity index (χ1n) is 9.93. The first kappa shape index (κ1) is 19.6. The van der Waals surface area contributed by atoms with Crippen LogP contribution in [0.4, 0.5) is 5.69 Å². The van der Waals surface area contributed by atoms with E-state index in [1.807, 2.05) is 6.07 Å². The standard InChI is InChI=1S/C25H18N2O5/c1-31-18-11-5-7-15-13-19(32-24(15)18)22(28)20-21(16-8-6-12-26-14-16)27(25(30)23(20)29)17-9-3-2-4-10-17/h2-14,21,29H,1H3. The molecule has 1 atom stereocenters. The predicted octanol–water partition coefficient (Wildman–Crippen LogP) is 4.62. The molecule has 0 fully saturated rings. The zero-order valence-electron chi connectivity index (χ0n) is 17.1. The molecule has 0 saturated carbocycles. The number of ketones is 1. The maximum absolute atomic E-state index is 13.6. The van der Waals surface area contributed by atoms with Gasteiger partial charge in [-0.1, -0.05) is 36.4 Å². The van der Waals surface area contributed by atoms with E-state index in [0.717, 1.165) is 0 Å². The lowest BCUT2D eigenvalue weighted by Crippen LogP contribution is -2.31. The molecule has 0 saturated heterocycles. The van der Waals surface area contributed by atoms with E-state index in [0.29, 0.717) is 28.0 Å².